The second-order valence-electron chi connectivity index (χ2n) is 9.59. The summed E-state index contributed by atoms with van der Waals surface area (Å²) in [4.78, 5) is 35.2. The molecule has 1 aliphatic carbocycles. The van der Waals surface area contributed by atoms with E-state index >= 15 is 0 Å². The number of nitrogens with one attached hydrogen (secondary N) is 2. The molecule has 2 N–H and O–H groups in total. The van der Waals surface area contributed by atoms with Crippen LogP contribution in [0.25, 0.3) is 17.0 Å². The average molecular weight is 485 g/mol. The van der Waals surface area contributed by atoms with Crippen LogP contribution in [-0.4, -0.2) is 20.4 Å². The fraction of sp³-hybridized carbons (Fsp3) is 0.400. The predicted molar refractivity (Wildman–Crippen MR) is 132 cm³/mol. The summed E-state index contributed by atoms with van der Waals surface area (Å²) in [7, 11) is 0. The zero-order chi connectivity index (χ0) is 23.4. The van der Waals surface area contributed by atoms with E-state index in [2.05, 4.69) is 43.2 Å². The molecule has 1 aliphatic heterocycles. The fourth-order valence-corrected chi connectivity index (χ4v) is 5.52. The van der Waals surface area contributed by atoms with Crippen molar-refractivity contribution in [2.24, 2.45) is 11.8 Å². The number of benzene rings is 1. The van der Waals surface area contributed by atoms with Gasteiger partial charge in [0.05, 0.1) is 22.0 Å². The van der Waals surface area contributed by atoms with Crippen LogP contribution in [-0.2, 0) is 17.6 Å². The number of hydrogen-bond acceptors (Lipinski definition) is 3. The van der Waals surface area contributed by atoms with Crippen LogP contribution in [0.2, 0.25) is 10.0 Å². The molecule has 0 bridgehead atoms. The van der Waals surface area contributed by atoms with E-state index in [0.29, 0.717) is 51.5 Å². The van der Waals surface area contributed by atoms with Gasteiger partial charge in [0.1, 0.15) is 11.9 Å². The molecule has 1 amide bonds. The number of hydrogen-bond donors (Lipinski definition) is 2. The Bertz CT molecular complexity index is 1350. The first-order valence-electron chi connectivity index (χ1n) is 11.3. The van der Waals surface area contributed by atoms with Crippen molar-refractivity contribution in [3.05, 3.63) is 67.4 Å². The Morgan fingerprint density at radius 3 is 2.79 bits per heavy atom. The van der Waals surface area contributed by atoms with Crippen LogP contribution < -0.4 is 10.9 Å². The van der Waals surface area contributed by atoms with Crippen LogP contribution in [0.3, 0.4) is 0 Å². The summed E-state index contributed by atoms with van der Waals surface area (Å²) < 4.78 is 1.56. The molecular formula is C25H26Cl2N4O2. The van der Waals surface area contributed by atoms with Crippen molar-refractivity contribution in [2.45, 2.75) is 52.1 Å². The number of nitrogens with zero attached hydrogens (tertiary/aromatic N) is 2. The van der Waals surface area contributed by atoms with Gasteiger partial charge in [-0.2, -0.15) is 0 Å². The Kier molecular flexibility index (Phi) is 5.61. The number of amides is 1. The van der Waals surface area contributed by atoms with Crippen molar-refractivity contribution in [2.75, 3.05) is 0 Å². The Morgan fingerprint density at radius 1 is 1.24 bits per heavy atom. The molecule has 2 aliphatic rings. The van der Waals surface area contributed by atoms with Crippen molar-refractivity contribution in [1.82, 2.24) is 19.9 Å². The molecule has 0 saturated carbocycles. The molecule has 3 heterocycles. The Hall–Kier alpha value is -2.57. The molecule has 1 unspecified atom stereocenters. The lowest BCUT2D eigenvalue weighted by Crippen LogP contribution is -2.48. The number of H-pyrrole nitrogens is 1. The Balaban J connectivity index is 1.67. The summed E-state index contributed by atoms with van der Waals surface area (Å²) in [6, 6.07) is 2.09. The van der Waals surface area contributed by atoms with E-state index < -0.39 is 6.04 Å². The van der Waals surface area contributed by atoms with E-state index in [1.807, 2.05) is 6.20 Å². The quantitative estimate of drug-likeness (QED) is 0.531. The standard InChI is InChI=1S/C25H26Cl2N4O2/c1-12(2)6-20-23-30-22-17(9-15(26)10-18(22)27)25(33)31(23)21(24(32)29-20)8-14-11-28-19-7-13(3)4-5-16(14)19/h4-5,9-13,20-21,28H,6-8H2,1-3H3,(H,29,32)/t13?,20-,21+/m0/s1. The molecule has 0 fully saturated rings. The predicted octanol–water partition coefficient (Wildman–Crippen LogP) is 5.24. The maximum atomic E-state index is 13.7. The largest absolute Gasteiger partial charge is 0.364 e. The number of allylic oxidation sites excluding steroid dienone is 1. The summed E-state index contributed by atoms with van der Waals surface area (Å²) in [5.74, 6) is 1.14. The minimum absolute atomic E-state index is 0.173. The van der Waals surface area contributed by atoms with Gasteiger partial charge in [0.25, 0.3) is 5.56 Å². The van der Waals surface area contributed by atoms with Crippen molar-refractivity contribution >= 4 is 46.1 Å². The van der Waals surface area contributed by atoms with Gasteiger partial charge in [-0.1, -0.05) is 56.1 Å². The number of carbonyl (C=O) groups is 1. The van der Waals surface area contributed by atoms with Gasteiger partial charge in [0, 0.05) is 23.3 Å². The number of carbonyl (C=O) groups excluding carboxylic acids is 1. The van der Waals surface area contributed by atoms with Crippen LogP contribution in [0.4, 0.5) is 0 Å². The normalized spacial score (nSPS) is 21.9. The van der Waals surface area contributed by atoms with Gasteiger partial charge in [0.15, 0.2) is 0 Å². The van der Waals surface area contributed by atoms with Crippen LogP contribution in [0.15, 0.2) is 29.2 Å². The monoisotopic (exact) mass is 484 g/mol. The number of fused-ring (bicyclic) bond motifs is 3. The highest BCUT2D eigenvalue weighted by molar-refractivity contribution is 6.38. The first-order chi connectivity index (χ1) is 15.7. The number of rotatable bonds is 4. The van der Waals surface area contributed by atoms with Gasteiger partial charge in [0.2, 0.25) is 5.91 Å². The zero-order valence-electron chi connectivity index (χ0n) is 18.8. The van der Waals surface area contributed by atoms with E-state index in [0.717, 1.165) is 23.2 Å². The maximum absolute atomic E-state index is 13.7. The summed E-state index contributed by atoms with van der Waals surface area (Å²) in [6.45, 7) is 6.33. The summed E-state index contributed by atoms with van der Waals surface area (Å²) in [5.41, 5.74) is 3.41. The second-order valence-corrected chi connectivity index (χ2v) is 10.4. The molecule has 172 valence electrons. The summed E-state index contributed by atoms with van der Waals surface area (Å²) in [6.07, 6.45) is 8.23. The van der Waals surface area contributed by atoms with Crippen molar-refractivity contribution in [3.8, 4) is 0 Å². The highest BCUT2D eigenvalue weighted by Crippen LogP contribution is 2.34. The highest BCUT2D eigenvalue weighted by Gasteiger charge is 2.37. The molecule has 2 aromatic heterocycles. The van der Waals surface area contributed by atoms with Crippen LogP contribution in [0, 0.1) is 11.8 Å². The first kappa shape index (κ1) is 22.2. The molecular weight excluding hydrogens is 459 g/mol. The fourth-order valence-electron chi connectivity index (χ4n) is 4.99. The Labute approximate surface area is 202 Å². The third-order valence-electron chi connectivity index (χ3n) is 6.52. The summed E-state index contributed by atoms with van der Waals surface area (Å²) >= 11 is 12.6. The van der Waals surface area contributed by atoms with Gasteiger partial charge in [-0.15, -0.1) is 0 Å². The molecule has 1 aromatic carbocycles. The van der Waals surface area contributed by atoms with Crippen molar-refractivity contribution < 1.29 is 4.79 Å². The molecule has 0 spiro atoms. The third kappa shape index (κ3) is 3.89. The van der Waals surface area contributed by atoms with Gasteiger partial charge in [-0.3, -0.25) is 14.2 Å². The van der Waals surface area contributed by atoms with Crippen LogP contribution in [0.5, 0.6) is 0 Å². The van der Waals surface area contributed by atoms with Gasteiger partial charge in [-0.25, -0.2) is 4.98 Å². The molecule has 0 radical (unpaired) electrons. The van der Waals surface area contributed by atoms with E-state index in [1.165, 1.54) is 0 Å². The number of aromatic amines is 1. The van der Waals surface area contributed by atoms with Gasteiger partial charge < -0.3 is 10.3 Å². The minimum atomic E-state index is -0.710. The topological polar surface area (TPSA) is 79.8 Å². The lowest BCUT2D eigenvalue weighted by atomic mass is 9.91. The van der Waals surface area contributed by atoms with E-state index in [9.17, 15) is 9.59 Å². The molecule has 3 atom stereocenters. The van der Waals surface area contributed by atoms with E-state index in [4.69, 9.17) is 28.2 Å². The zero-order valence-corrected chi connectivity index (χ0v) is 20.3. The minimum Gasteiger partial charge on any atom is -0.364 e. The maximum Gasteiger partial charge on any atom is 0.262 e. The first-order valence-corrected chi connectivity index (χ1v) is 12.1. The molecule has 33 heavy (non-hydrogen) atoms. The number of aromatic nitrogens is 3. The molecule has 6 nitrogen and oxygen atoms in total. The van der Waals surface area contributed by atoms with E-state index in [1.54, 1.807) is 16.7 Å². The molecule has 0 saturated heterocycles. The van der Waals surface area contributed by atoms with Crippen molar-refractivity contribution in [3.63, 3.8) is 0 Å². The van der Waals surface area contributed by atoms with Gasteiger partial charge >= 0.3 is 0 Å². The Morgan fingerprint density at radius 2 is 2.03 bits per heavy atom. The van der Waals surface area contributed by atoms with Crippen molar-refractivity contribution in [1.29, 1.82) is 0 Å². The van der Waals surface area contributed by atoms with E-state index in [-0.39, 0.29) is 17.5 Å². The number of halogens is 2. The van der Waals surface area contributed by atoms with Crippen LogP contribution in [0.1, 0.15) is 61.9 Å². The smallest absolute Gasteiger partial charge is 0.262 e. The molecule has 8 heteroatoms. The SMILES string of the molecule is CC(C)C[C@@H]1NC(=O)[C@@H](Cc2c[nH]c3c2C=CC(C)C3)n2c1nc1c(Cl)cc(Cl)cc1c2=O. The van der Waals surface area contributed by atoms with Crippen LogP contribution >= 0.6 is 23.2 Å². The third-order valence-corrected chi connectivity index (χ3v) is 7.03. The summed E-state index contributed by atoms with van der Waals surface area (Å²) in [5, 5.41) is 4.13. The van der Waals surface area contributed by atoms with Gasteiger partial charge in [-0.05, 0) is 47.9 Å². The lowest BCUT2D eigenvalue weighted by Gasteiger charge is -2.33. The lowest BCUT2D eigenvalue weighted by molar-refractivity contribution is -0.126. The average Bonchev–Trinajstić information content (AvgIpc) is 3.13. The molecule has 3 aromatic rings. The highest BCUT2D eigenvalue weighted by atomic mass is 35.5. The molecule has 5 rings (SSSR count). The second kappa shape index (κ2) is 8.33.